The van der Waals surface area contributed by atoms with Crippen molar-refractivity contribution in [2.24, 2.45) is 0 Å². The minimum atomic E-state index is 0.235. The highest BCUT2D eigenvalue weighted by Crippen LogP contribution is 2.25. The van der Waals surface area contributed by atoms with Gasteiger partial charge in [-0.3, -0.25) is 0 Å². The van der Waals surface area contributed by atoms with Gasteiger partial charge in [0.15, 0.2) is 0 Å². The Kier molecular flexibility index (Phi) is 3.89. The largest absolute Gasteiger partial charge is 0.491 e. The summed E-state index contributed by atoms with van der Waals surface area (Å²) in [6, 6.07) is 6.48. The van der Waals surface area contributed by atoms with Gasteiger partial charge in [0.2, 0.25) is 0 Å². The van der Waals surface area contributed by atoms with Crippen molar-refractivity contribution in [1.82, 2.24) is 5.32 Å². The summed E-state index contributed by atoms with van der Waals surface area (Å²) in [7, 11) is 0. The molecule has 0 amide bonds. The zero-order valence-electron chi connectivity index (χ0n) is 11.0. The maximum atomic E-state index is 5.76. The van der Waals surface area contributed by atoms with Gasteiger partial charge >= 0.3 is 0 Å². The summed E-state index contributed by atoms with van der Waals surface area (Å²) < 4.78 is 5.76. The number of hydrogen-bond acceptors (Lipinski definition) is 3. The van der Waals surface area contributed by atoms with E-state index >= 15 is 0 Å². The second-order valence-electron chi connectivity index (χ2n) is 4.85. The molecular formula is C14H22N2O. The molecule has 0 atom stereocenters. The molecule has 3 nitrogen and oxygen atoms in total. The normalized spacial score (nSPS) is 16.4. The van der Waals surface area contributed by atoms with Gasteiger partial charge in [0, 0.05) is 31.9 Å². The molecule has 1 aliphatic rings. The van der Waals surface area contributed by atoms with Crippen molar-refractivity contribution < 1.29 is 4.74 Å². The van der Waals surface area contributed by atoms with E-state index in [0.717, 1.165) is 31.9 Å². The fraction of sp³-hybridized carbons (Fsp3) is 0.571. The quantitative estimate of drug-likeness (QED) is 0.867. The molecule has 1 fully saturated rings. The first-order chi connectivity index (χ1) is 8.16. The fourth-order valence-electron chi connectivity index (χ4n) is 2.14. The topological polar surface area (TPSA) is 24.5 Å². The van der Waals surface area contributed by atoms with E-state index < -0.39 is 0 Å². The molecule has 0 spiro atoms. The van der Waals surface area contributed by atoms with E-state index in [9.17, 15) is 0 Å². The van der Waals surface area contributed by atoms with E-state index in [-0.39, 0.29) is 6.10 Å². The summed E-state index contributed by atoms with van der Waals surface area (Å²) in [6.45, 7) is 10.6. The van der Waals surface area contributed by atoms with Crippen LogP contribution in [0.3, 0.4) is 0 Å². The molecule has 0 unspecified atom stereocenters. The SMILES string of the molecule is Cc1cc(N2CCNCC2)ccc1OC(C)C. The molecule has 94 valence electrons. The number of benzene rings is 1. The molecule has 0 saturated carbocycles. The van der Waals surface area contributed by atoms with Crippen LogP contribution in [0, 0.1) is 6.92 Å². The minimum Gasteiger partial charge on any atom is -0.491 e. The Balaban J connectivity index is 2.12. The molecule has 1 saturated heterocycles. The molecule has 0 aliphatic carbocycles. The Morgan fingerprint density at radius 3 is 2.53 bits per heavy atom. The van der Waals surface area contributed by atoms with Gasteiger partial charge in [-0.25, -0.2) is 0 Å². The summed E-state index contributed by atoms with van der Waals surface area (Å²) in [5, 5.41) is 3.37. The lowest BCUT2D eigenvalue weighted by molar-refractivity contribution is 0.241. The molecule has 1 heterocycles. The smallest absolute Gasteiger partial charge is 0.122 e. The van der Waals surface area contributed by atoms with Crippen molar-refractivity contribution in [3.8, 4) is 5.75 Å². The van der Waals surface area contributed by atoms with Gasteiger partial charge in [0.05, 0.1) is 6.10 Å². The standard InChI is InChI=1S/C14H22N2O/c1-11(2)17-14-5-4-13(10-12(14)3)16-8-6-15-7-9-16/h4-5,10-11,15H,6-9H2,1-3H3. The lowest BCUT2D eigenvalue weighted by atomic mass is 10.1. The minimum absolute atomic E-state index is 0.235. The Labute approximate surface area is 104 Å². The van der Waals surface area contributed by atoms with E-state index in [1.54, 1.807) is 0 Å². The van der Waals surface area contributed by atoms with Gasteiger partial charge in [0.25, 0.3) is 0 Å². The molecular weight excluding hydrogens is 212 g/mol. The number of rotatable bonds is 3. The van der Waals surface area contributed by atoms with Crippen LogP contribution in [-0.2, 0) is 0 Å². The van der Waals surface area contributed by atoms with E-state index in [4.69, 9.17) is 4.74 Å². The number of piperazine rings is 1. The summed E-state index contributed by atoms with van der Waals surface area (Å²) in [6.07, 6.45) is 0.235. The Morgan fingerprint density at radius 2 is 1.94 bits per heavy atom. The van der Waals surface area contributed by atoms with Crippen LogP contribution in [-0.4, -0.2) is 32.3 Å². The van der Waals surface area contributed by atoms with Gasteiger partial charge in [-0.15, -0.1) is 0 Å². The predicted molar refractivity (Wildman–Crippen MR) is 72.0 cm³/mol. The monoisotopic (exact) mass is 234 g/mol. The van der Waals surface area contributed by atoms with Crippen molar-refractivity contribution in [1.29, 1.82) is 0 Å². The van der Waals surface area contributed by atoms with Crippen LogP contribution in [0.15, 0.2) is 18.2 Å². The van der Waals surface area contributed by atoms with Gasteiger partial charge < -0.3 is 15.0 Å². The molecule has 0 bridgehead atoms. The second-order valence-corrected chi connectivity index (χ2v) is 4.85. The van der Waals surface area contributed by atoms with Gasteiger partial charge in [-0.1, -0.05) is 0 Å². The van der Waals surface area contributed by atoms with Crippen LogP contribution in [0.25, 0.3) is 0 Å². The Hall–Kier alpha value is -1.22. The third kappa shape index (κ3) is 3.13. The van der Waals surface area contributed by atoms with E-state index in [1.165, 1.54) is 11.3 Å². The Morgan fingerprint density at radius 1 is 1.24 bits per heavy atom. The number of nitrogens with one attached hydrogen (secondary N) is 1. The average molecular weight is 234 g/mol. The first-order valence-electron chi connectivity index (χ1n) is 6.40. The van der Waals surface area contributed by atoms with Gasteiger partial charge in [-0.2, -0.15) is 0 Å². The number of anilines is 1. The van der Waals surface area contributed by atoms with Crippen molar-refractivity contribution >= 4 is 5.69 Å². The van der Waals surface area contributed by atoms with Crippen LogP contribution in [0.5, 0.6) is 5.75 Å². The van der Waals surface area contributed by atoms with Crippen molar-refractivity contribution in [3.63, 3.8) is 0 Å². The van der Waals surface area contributed by atoms with Crippen LogP contribution in [0.4, 0.5) is 5.69 Å². The van der Waals surface area contributed by atoms with Gasteiger partial charge in [-0.05, 0) is 44.5 Å². The second kappa shape index (κ2) is 5.41. The molecule has 1 aromatic rings. The molecule has 0 aromatic heterocycles. The zero-order valence-corrected chi connectivity index (χ0v) is 11.0. The maximum absolute atomic E-state index is 5.76. The fourth-order valence-corrected chi connectivity index (χ4v) is 2.14. The summed E-state index contributed by atoms with van der Waals surface area (Å²) in [5.74, 6) is 0.999. The lowest BCUT2D eigenvalue weighted by Crippen LogP contribution is -2.43. The number of hydrogen-bond donors (Lipinski definition) is 1. The maximum Gasteiger partial charge on any atom is 0.122 e. The third-order valence-electron chi connectivity index (χ3n) is 3.00. The van der Waals surface area contributed by atoms with Crippen LogP contribution >= 0.6 is 0 Å². The van der Waals surface area contributed by atoms with Crippen LogP contribution < -0.4 is 15.0 Å². The van der Waals surface area contributed by atoms with Crippen molar-refractivity contribution in [2.45, 2.75) is 26.9 Å². The highest BCUT2D eigenvalue weighted by atomic mass is 16.5. The van der Waals surface area contributed by atoms with E-state index in [0.29, 0.717) is 0 Å². The number of nitrogens with zero attached hydrogens (tertiary/aromatic N) is 1. The van der Waals surface area contributed by atoms with Crippen LogP contribution in [0.2, 0.25) is 0 Å². The van der Waals surface area contributed by atoms with Crippen molar-refractivity contribution in [2.75, 3.05) is 31.1 Å². The van der Waals surface area contributed by atoms with Crippen molar-refractivity contribution in [3.05, 3.63) is 23.8 Å². The summed E-state index contributed by atoms with van der Waals surface area (Å²) in [4.78, 5) is 2.42. The molecule has 1 N–H and O–H groups in total. The molecule has 3 heteroatoms. The van der Waals surface area contributed by atoms with E-state index in [2.05, 4.69) is 49.2 Å². The first kappa shape index (κ1) is 12.2. The number of aryl methyl sites for hydroxylation is 1. The lowest BCUT2D eigenvalue weighted by Gasteiger charge is -2.30. The highest BCUT2D eigenvalue weighted by Gasteiger charge is 2.11. The average Bonchev–Trinajstić information content (AvgIpc) is 2.32. The molecule has 0 radical (unpaired) electrons. The molecule has 1 aliphatic heterocycles. The van der Waals surface area contributed by atoms with Gasteiger partial charge in [0.1, 0.15) is 5.75 Å². The third-order valence-corrected chi connectivity index (χ3v) is 3.00. The zero-order chi connectivity index (χ0) is 12.3. The molecule has 1 aromatic carbocycles. The number of ether oxygens (including phenoxy) is 1. The predicted octanol–water partition coefficient (Wildman–Crippen LogP) is 2.19. The highest BCUT2D eigenvalue weighted by molar-refractivity contribution is 5.53. The van der Waals surface area contributed by atoms with E-state index in [1.807, 2.05) is 0 Å². The summed E-state index contributed by atoms with van der Waals surface area (Å²) in [5.41, 5.74) is 2.52. The first-order valence-corrected chi connectivity index (χ1v) is 6.40. The Bertz CT molecular complexity index is 370. The summed E-state index contributed by atoms with van der Waals surface area (Å²) >= 11 is 0. The molecule has 17 heavy (non-hydrogen) atoms. The molecule has 2 rings (SSSR count). The van der Waals surface area contributed by atoms with Crippen LogP contribution in [0.1, 0.15) is 19.4 Å².